The first kappa shape index (κ1) is 33.3. The number of anilines is 1. The van der Waals surface area contributed by atoms with Crippen molar-refractivity contribution in [2.24, 2.45) is 0 Å². The third-order valence-electron chi connectivity index (χ3n) is 7.30. The number of aliphatic hydroxyl groups excluding tert-OH is 2. The van der Waals surface area contributed by atoms with Crippen LogP contribution in [0.5, 0.6) is 5.75 Å². The molecule has 1 saturated heterocycles. The van der Waals surface area contributed by atoms with Gasteiger partial charge in [0, 0.05) is 11.6 Å². The molecule has 1 fully saturated rings. The summed E-state index contributed by atoms with van der Waals surface area (Å²) in [4.78, 5) is 28.8. The SMILES string of the molecule is C=C[C@]1(COP(=O)(N[C@@H](C)C(=O)OCCCCCC)Oc2cccc3ccccc23)O[C@@H](n2ccc(N)nc2=O)[C@H](O)[C@@H]1O. The number of fused-ring (bicyclic) bond motifs is 1. The average molecular weight is 631 g/mol. The minimum Gasteiger partial charge on any atom is -0.465 e. The van der Waals surface area contributed by atoms with Crippen molar-refractivity contribution in [2.75, 3.05) is 18.9 Å². The van der Waals surface area contributed by atoms with Gasteiger partial charge in [0.25, 0.3) is 0 Å². The number of aromatic nitrogens is 2. The molecule has 44 heavy (non-hydrogen) atoms. The Labute approximate surface area is 255 Å². The minimum absolute atomic E-state index is 0.0381. The van der Waals surface area contributed by atoms with Gasteiger partial charge in [-0.15, -0.1) is 6.58 Å². The van der Waals surface area contributed by atoms with E-state index < -0.39 is 56.1 Å². The Kier molecular flexibility index (Phi) is 11.0. The fourth-order valence-corrected chi connectivity index (χ4v) is 6.34. The molecule has 2 heterocycles. The van der Waals surface area contributed by atoms with Gasteiger partial charge in [0.1, 0.15) is 35.4 Å². The highest BCUT2D eigenvalue weighted by molar-refractivity contribution is 7.52. The number of nitrogen functional groups attached to an aromatic ring is 1. The fourth-order valence-electron chi connectivity index (χ4n) is 4.79. The van der Waals surface area contributed by atoms with Crippen LogP contribution in [0.15, 0.2) is 72.2 Å². The molecular formula is C30H39N4O9P. The molecule has 0 saturated carbocycles. The van der Waals surface area contributed by atoms with Crippen molar-refractivity contribution >= 4 is 30.3 Å². The largest absolute Gasteiger partial charge is 0.465 e. The number of nitrogens with one attached hydrogen (secondary N) is 1. The third-order valence-corrected chi connectivity index (χ3v) is 8.91. The summed E-state index contributed by atoms with van der Waals surface area (Å²) in [6, 6.07) is 12.6. The number of rotatable bonds is 15. The van der Waals surface area contributed by atoms with E-state index in [4.69, 9.17) is 24.3 Å². The van der Waals surface area contributed by atoms with Crippen molar-refractivity contribution in [2.45, 2.75) is 69.6 Å². The molecule has 0 spiro atoms. The maximum Gasteiger partial charge on any atom is 0.459 e. The molecule has 0 bridgehead atoms. The van der Waals surface area contributed by atoms with Crippen LogP contribution in [0.25, 0.3) is 10.8 Å². The van der Waals surface area contributed by atoms with Crippen molar-refractivity contribution in [3.05, 3.63) is 77.9 Å². The maximum atomic E-state index is 14.3. The van der Waals surface area contributed by atoms with Crippen LogP contribution >= 0.6 is 7.75 Å². The monoisotopic (exact) mass is 630 g/mol. The number of benzene rings is 2. The van der Waals surface area contributed by atoms with Crippen LogP contribution in [0.4, 0.5) is 5.82 Å². The number of nitrogens with zero attached hydrogens (tertiary/aromatic N) is 2. The summed E-state index contributed by atoms with van der Waals surface area (Å²) in [6.45, 7) is 6.80. The Morgan fingerprint density at radius 1 is 1.23 bits per heavy atom. The Balaban J connectivity index is 1.58. The second-order valence-corrected chi connectivity index (χ2v) is 12.3. The summed E-state index contributed by atoms with van der Waals surface area (Å²) in [7, 11) is -4.44. The zero-order chi connectivity index (χ0) is 31.9. The van der Waals surface area contributed by atoms with E-state index in [1.165, 1.54) is 25.3 Å². The molecule has 0 radical (unpaired) electrons. The molecule has 238 valence electrons. The number of nitrogens with two attached hydrogens (primary N) is 1. The first-order valence-electron chi connectivity index (χ1n) is 14.4. The van der Waals surface area contributed by atoms with E-state index in [0.717, 1.165) is 29.2 Å². The van der Waals surface area contributed by atoms with Crippen molar-refractivity contribution in [1.29, 1.82) is 0 Å². The van der Waals surface area contributed by atoms with E-state index in [1.807, 2.05) is 18.2 Å². The zero-order valence-electron chi connectivity index (χ0n) is 24.7. The molecule has 3 aromatic rings. The number of esters is 1. The topological polar surface area (TPSA) is 184 Å². The van der Waals surface area contributed by atoms with Crippen molar-refractivity contribution in [3.63, 3.8) is 0 Å². The summed E-state index contributed by atoms with van der Waals surface area (Å²) in [5.41, 5.74) is 2.89. The van der Waals surface area contributed by atoms with Gasteiger partial charge in [-0.05, 0) is 30.9 Å². The lowest BCUT2D eigenvalue weighted by molar-refractivity contribution is -0.145. The second-order valence-electron chi connectivity index (χ2n) is 10.6. The van der Waals surface area contributed by atoms with Gasteiger partial charge < -0.3 is 29.9 Å². The predicted molar refractivity (Wildman–Crippen MR) is 164 cm³/mol. The van der Waals surface area contributed by atoms with Crippen LogP contribution in [-0.2, 0) is 23.4 Å². The molecule has 13 nitrogen and oxygen atoms in total. The summed E-state index contributed by atoms with van der Waals surface area (Å²) in [5.74, 6) is -0.492. The lowest BCUT2D eigenvalue weighted by atomic mass is 9.96. The number of ether oxygens (including phenoxy) is 2. The van der Waals surface area contributed by atoms with E-state index in [0.29, 0.717) is 11.8 Å². The van der Waals surface area contributed by atoms with E-state index in [2.05, 4.69) is 23.6 Å². The van der Waals surface area contributed by atoms with Gasteiger partial charge in [-0.1, -0.05) is 68.7 Å². The van der Waals surface area contributed by atoms with Gasteiger partial charge in [-0.2, -0.15) is 10.1 Å². The minimum atomic E-state index is -4.44. The first-order chi connectivity index (χ1) is 21.0. The van der Waals surface area contributed by atoms with Gasteiger partial charge in [0.05, 0.1) is 13.2 Å². The molecule has 4 rings (SSSR count). The quantitative estimate of drug-likeness (QED) is 0.0831. The summed E-state index contributed by atoms with van der Waals surface area (Å²) in [5, 5.41) is 25.9. The number of aliphatic hydroxyl groups is 2. The highest BCUT2D eigenvalue weighted by atomic mass is 31.2. The smallest absolute Gasteiger partial charge is 0.459 e. The van der Waals surface area contributed by atoms with Gasteiger partial charge in [-0.25, -0.2) is 9.36 Å². The normalized spacial score (nSPS) is 23.6. The van der Waals surface area contributed by atoms with Crippen molar-refractivity contribution in [1.82, 2.24) is 14.6 Å². The Morgan fingerprint density at radius 3 is 2.70 bits per heavy atom. The fraction of sp³-hybridized carbons (Fsp3) is 0.433. The number of carbonyl (C=O) groups is 1. The summed E-state index contributed by atoms with van der Waals surface area (Å²) in [6.07, 6.45) is 1.39. The zero-order valence-corrected chi connectivity index (χ0v) is 25.6. The molecule has 1 aromatic heterocycles. The molecule has 0 amide bonds. The Bertz CT molecular complexity index is 1560. The summed E-state index contributed by atoms with van der Waals surface area (Å²) >= 11 is 0. The molecule has 5 N–H and O–H groups in total. The molecule has 0 aliphatic carbocycles. The number of hydrogen-bond acceptors (Lipinski definition) is 11. The van der Waals surface area contributed by atoms with Crippen LogP contribution in [0.2, 0.25) is 0 Å². The number of unbranched alkanes of at least 4 members (excludes halogenated alkanes) is 3. The molecule has 1 unspecified atom stereocenters. The van der Waals surface area contributed by atoms with Gasteiger partial charge in [-0.3, -0.25) is 13.9 Å². The van der Waals surface area contributed by atoms with Gasteiger partial charge in [0.2, 0.25) is 0 Å². The molecule has 14 heteroatoms. The van der Waals surface area contributed by atoms with Crippen molar-refractivity contribution < 1.29 is 38.1 Å². The molecule has 6 atom stereocenters. The Morgan fingerprint density at radius 2 is 1.98 bits per heavy atom. The van der Waals surface area contributed by atoms with Crippen LogP contribution in [-0.4, -0.2) is 62.8 Å². The lowest BCUT2D eigenvalue weighted by Crippen LogP contribution is -2.46. The van der Waals surface area contributed by atoms with E-state index >= 15 is 0 Å². The lowest BCUT2D eigenvalue weighted by Gasteiger charge is -2.31. The Hall–Kier alpha value is -3.58. The molecule has 1 aliphatic rings. The van der Waals surface area contributed by atoms with Crippen LogP contribution < -0.4 is 21.0 Å². The van der Waals surface area contributed by atoms with E-state index in [9.17, 15) is 24.4 Å². The number of carbonyl (C=O) groups excluding carboxylic acids is 1. The van der Waals surface area contributed by atoms with E-state index in [-0.39, 0.29) is 18.2 Å². The average Bonchev–Trinajstić information content (AvgIpc) is 3.25. The summed E-state index contributed by atoms with van der Waals surface area (Å²) < 4.78 is 38.3. The highest BCUT2D eigenvalue weighted by Crippen LogP contribution is 2.49. The van der Waals surface area contributed by atoms with Crippen LogP contribution in [0.3, 0.4) is 0 Å². The van der Waals surface area contributed by atoms with Crippen LogP contribution in [0, 0.1) is 0 Å². The third kappa shape index (κ3) is 7.55. The second kappa shape index (κ2) is 14.5. The van der Waals surface area contributed by atoms with E-state index in [1.54, 1.807) is 24.3 Å². The standard InChI is InChI=1S/C30H39N4O9P/c1-4-6-7-10-18-40-28(37)20(3)33-44(39,43-23-15-11-13-21-12-8-9-14-22(21)23)41-19-30(5-2)26(36)25(35)27(42-30)34-17-16-24(31)32-29(34)38/h5,8-9,11-17,20,25-27,35-36H,2,4,6-7,10,18-19H2,1,3H3,(H,33,39)(H2,31,32,38)/t20-,25+,26-,27+,30+,44?/m0/s1. The molecular weight excluding hydrogens is 591 g/mol. The molecule has 2 aromatic carbocycles. The van der Waals surface area contributed by atoms with Gasteiger partial charge >= 0.3 is 19.4 Å². The van der Waals surface area contributed by atoms with Gasteiger partial charge in [0.15, 0.2) is 6.23 Å². The highest BCUT2D eigenvalue weighted by Gasteiger charge is 2.55. The maximum absolute atomic E-state index is 14.3. The van der Waals surface area contributed by atoms with Crippen molar-refractivity contribution in [3.8, 4) is 5.75 Å². The van der Waals surface area contributed by atoms with Crippen LogP contribution in [0.1, 0.15) is 45.8 Å². The first-order valence-corrected chi connectivity index (χ1v) is 16.0. The predicted octanol–water partition coefficient (Wildman–Crippen LogP) is 3.46. The number of hydrogen-bond donors (Lipinski definition) is 4. The molecule has 1 aliphatic heterocycles.